The molecule has 0 heterocycles. The van der Waals surface area contributed by atoms with Crippen LogP contribution >= 0.6 is 7.82 Å². The molecular weight excluding hydrogens is 1220 g/mol. The average molecular weight is 1310 g/mol. The summed E-state index contributed by atoms with van der Waals surface area (Å²) < 4.78 is 30.2. The fraction of sp³-hybridized carbons (Fsp3) is 0.455. The fourth-order valence-electron chi connectivity index (χ4n) is 13.3. The fourth-order valence-corrected chi connectivity index (χ4v) is 76.8. The van der Waals surface area contributed by atoms with Gasteiger partial charge in [0.05, 0.1) is 7.82 Å². The third kappa shape index (κ3) is 17.2. The molecule has 6 aromatic rings. The Bertz CT molecular complexity index is 2400. The van der Waals surface area contributed by atoms with Gasteiger partial charge in [0, 0.05) is 0 Å². The van der Waals surface area contributed by atoms with Crippen LogP contribution in [0.3, 0.4) is 0 Å². The molecule has 0 saturated heterocycles. The molecule has 0 radical (unpaired) electrons. The minimum absolute atomic E-state index is 0.0900. The van der Waals surface area contributed by atoms with Gasteiger partial charge < -0.3 is 44.4 Å². The van der Waals surface area contributed by atoms with E-state index in [1.807, 2.05) is 0 Å². The smallest absolute Gasteiger partial charge is 0.120 e. The van der Waals surface area contributed by atoms with Crippen LogP contribution in [-0.4, -0.2) is 99.7 Å². The molecule has 0 aromatic heterocycles. The number of aliphatic hydroxyl groups is 5. The Hall–Kier alpha value is -3.21. The summed E-state index contributed by atoms with van der Waals surface area (Å²) in [6.07, 6.45) is -11.8. The van der Waals surface area contributed by atoms with Gasteiger partial charge >= 0.3 is 397 Å². The molecule has 1 aliphatic carbocycles. The van der Waals surface area contributed by atoms with Crippen molar-refractivity contribution in [3.8, 4) is 0 Å². The maximum Gasteiger partial charge on any atom is 0.120 e. The van der Waals surface area contributed by atoms with E-state index >= 15 is 0 Å². The van der Waals surface area contributed by atoms with Crippen molar-refractivity contribution in [2.24, 2.45) is 0 Å². The van der Waals surface area contributed by atoms with Gasteiger partial charge in [-0.05, 0) is 0 Å². The van der Waals surface area contributed by atoms with Crippen molar-refractivity contribution in [3.05, 3.63) is 215 Å². The van der Waals surface area contributed by atoms with E-state index in [9.17, 15) is 26.0 Å². The minimum Gasteiger partial charge on any atom is -0.790 e. The van der Waals surface area contributed by atoms with Gasteiger partial charge in [0.1, 0.15) is 36.6 Å². The minimum atomic E-state index is -5.51. The van der Waals surface area contributed by atoms with Crippen LogP contribution in [0.5, 0.6) is 0 Å². The van der Waals surface area contributed by atoms with Crippen LogP contribution in [-0.2, 0) is 43.0 Å². The van der Waals surface area contributed by atoms with Crippen molar-refractivity contribution in [2.45, 2.75) is 179 Å². The Kier molecular flexibility index (Phi) is 21.5. The van der Waals surface area contributed by atoms with E-state index in [-0.39, 0.29) is 32.5 Å². The molecule has 1 fully saturated rings. The third-order valence-corrected chi connectivity index (χ3v) is 62.4. The molecule has 6 atom stereocenters. The largest absolute Gasteiger partial charge is 0.790 e. The maximum absolute atomic E-state index is 10.3. The van der Waals surface area contributed by atoms with E-state index in [4.69, 9.17) is 15.3 Å². The SMILES string of the molecule is CC(C)([CH2][Sn]([CH2]C(C)(C)c1ccccc1)([CH2]C(C)(C)c1ccccc1)[O][Sn]([CH2]C(C)(C)c1ccccc1)([CH2]C(C)(C)c1ccccc1)[CH2]C(C)(C)c1ccccc1)c1ccccc1.O=P([O-])([O-])OC1[C@@H](O)[C@H](O)C(O)[C@H](O)[C@@H]1O. The van der Waals surface area contributed by atoms with E-state index in [0.717, 1.165) is 26.6 Å². The summed E-state index contributed by atoms with van der Waals surface area (Å²) in [6, 6.07) is 68.6. The zero-order chi connectivity index (χ0) is 58.3. The second-order valence-electron chi connectivity index (χ2n) is 26.5. The molecule has 79 heavy (non-hydrogen) atoms. The van der Waals surface area contributed by atoms with Gasteiger partial charge in [-0.1, -0.05) is 0 Å². The van der Waals surface area contributed by atoms with E-state index < -0.39 is 82.0 Å². The van der Waals surface area contributed by atoms with Crippen molar-refractivity contribution < 1.29 is 45.8 Å². The van der Waals surface area contributed by atoms with Crippen molar-refractivity contribution in [2.75, 3.05) is 0 Å². The zero-order valence-electron chi connectivity index (χ0n) is 48.8. The Balaban J connectivity index is 0.000000540. The van der Waals surface area contributed by atoms with Gasteiger partial charge in [0.15, 0.2) is 0 Å². The molecule has 1 aliphatic rings. The quantitative estimate of drug-likeness (QED) is 0.0324. The van der Waals surface area contributed by atoms with Gasteiger partial charge in [-0.15, -0.1) is 0 Å². The van der Waals surface area contributed by atoms with Crippen molar-refractivity contribution in [3.63, 3.8) is 0 Å². The van der Waals surface area contributed by atoms with Crippen LogP contribution in [0.1, 0.15) is 116 Å². The number of phosphoric ester groups is 1. The van der Waals surface area contributed by atoms with Gasteiger partial charge in [-0.2, -0.15) is 0 Å². The summed E-state index contributed by atoms with van der Waals surface area (Å²) >= 11 is -8.23. The predicted molar refractivity (Wildman–Crippen MR) is 321 cm³/mol. The summed E-state index contributed by atoms with van der Waals surface area (Å²) in [4.78, 5) is 20.6. The molecule has 428 valence electrons. The van der Waals surface area contributed by atoms with Crippen LogP contribution in [0.2, 0.25) is 26.6 Å². The number of hydrogen-bond acceptors (Lipinski definition) is 10. The first kappa shape index (κ1) is 64.9. The topological polar surface area (TPSA) is 183 Å². The summed E-state index contributed by atoms with van der Waals surface area (Å²) in [5, 5.41) is 45.9. The number of aliphatic hydroxyl groups excluding tert-OH is 5. The molecule has 0 bridgehead atoms. The zero-order valence-corrected chi connectivity index (χ0v) is 55.4. The maximum atomic E-state index is 10.3. The van der Waals surface area contributed by atoms with Crippen LogP contribution in [0, 0.1) is 0 Å². The molecular formula is C66H89O10PSn2-2. The normalized spacial score (nSPS) is 20.0. The van der Waals surface area contributed by atoms with Crippen LogP contribution in [0.4, 0.5) is 0 Å². The molecule has 0 aliphatic heterocycles. The standard InChI is InChI=1S/6C10H13.C6H13O9P.O.2Sn/c6*1-10(2,3)9-7-5-4-6-8-9;7-1-2(8)4(10)6(5(11)3(1)9)15-16(12,13)14;;;/h6*4-8H,1H2,2-3H3;1-11H,(H2,12,13,14);;;/p-2/t;;;;;;1?,2-,3+,4-,5-,6?;;;/m......0.../s1. The second-order valence-corrected chi connectivity index (χ2v) is 51.7. The molecule has 1 saturated carbocycles. The summed E-state index contributed by atoms with van der Waals surface area (Å²) in [6.45, 7) is 30.4. The van der Waals surface area contributed by atoms with Gasteiger partial charge in [-0.3, -0.25) is 0 Å². The number of rotatable bonds is 22. The first-order valence-corrected chi connectivity index (χ1v) is 43.8. The van der Waals surface area contributed by atoms with Crippen molar-refractivity contribution in [1.29, 1.82) is 0 Å². The van der Waals surface area contributed by atoms with Crippen molar-refractivity contribution >= 4 is 45.4 Å². The Morgan fingerprint density at radius 3 is 0.671 bits per heavy atom. The first-order chi connectivity index (χ1) is 36.7. The molecule has 5 N–H and O–H groups in total. The van der Waals surface area contributed by atoms with Gasteiger partial charge in [0.25, 0.3) is 0 Å². The molecule has 0 spiro atoms. The first-order valence-electron chi connectivity index (χ1n) is 27.9. The van der Waals surface area contributed by atoms with Crippen molar-refractivity contribution in [1.82, 2.24) is 0 Å². The van der Waals surface area contributed by atoms with Gasteiger partial charge in [-0.25, -0.2) is 0 Å². The summed E-state index contributed by atoms with van der Waals surface area (Å²) in [7, 11) is -5.51. The van der Waals surface area contributed by atoms with Crippen LogP contribution in [0.25, 0.3) is 0 Å². The Morgan fingerprint density at radius 1 is 0.342 bits per heavy atom. The Labute approximate surface area is 481 Å². The van der Waals surface area contributed by atoms with E-state index in [1.54, 1.807) is 0 Å². The summed E-state index contributed by atoms with van der Waals surface area (Å²) in [5.41, 5.74) is 7.98. The van der Waals surface area contributed by atoms with E-state index in [2.05, 4.69) is 270 Å². The number of benzene rings is 6. The predicted octanol–water partition coefficient (Wildman–Crippen LogP) is 11.8. The average Bonchev–Trinajstić information content (AvgIpc) is 3.44. The van der Waals surface area contributed by atoms with Crippen LogP contribution in [0.15, 0.2) is 182 Å². The number of phosphoric acid groups is 1. The molecule has 0 amide bonds. The Morgan fingerprint density at radius 2 is 0.506 bits per heavy atom. The monoisotopic (exact) mass is 1310 g/mol. The second kappa shape index (κ2) is 26.1. The van der Waals surface area contributed by atoms with Crippen LogP contribution < -0.4 is 9.79 Å². The summed E-state index contributed by atoms with van der Waals surface area (Å²) in [5.74, 6) is 0. The van der Waals surface area contributed by atoms with E-state index in [1.165, 1.54) is 33.4 Å². The molecule has 2 unspecified atom stereocenters. The molecule has 13 heteroatoms. The molecule has 7 rings (SSSR count). The van der Waals surface area contributed by atoms with E-state index in [0.29, 0.717) is 0 Å². The number of hydrogen-bond donors (Lipinski definition) is 5. The third-order valence-electron chi connectivity index (χ3n) is 16.7. The molecule has 6 aromatic carbocycles. The molecule has 10 nitrogen and oxygen atoms in total. The van der Waals surface area contributed by atoms with Gasteiger partial charge in [0.2, 0.25) is 0 Å².